The van der Waals surface area contributed by atoms with Crippen molar-refractivity contribution in [1.82, 2.24) is 4.90 Å². The third kappa shape index (κ3) is 5.34. The Hall–Kier alpha value is -2.73. The lowest BCUT2D eigenvalue weighted by Gasteiger charge is -2.36. The van der Waals surface area contributed by atoms with Gasteiger partial charge in [-0.05, 0) is 51.0 Å². The summed E-state index contributed by atoms with van der Waals surface area (Å²) in [6.07, 6.45) is 1.69. The van der Waals surface area contributed by atoms with E-state index in [1.54, 1.807) is 18.7 Å². The topological polar surface area (TPSA) is 101 Å². The Morgan fingerprint density at radius 2 is 1.61 bits per heavy atom. The standard InChI is InChI=1S/C24H28F2N2O6S2/c1-15(2)34-22-7-6-17(35(3,30)31)12-18(22)24(29)28-10-8-27(9-11-28)21-13-20(26)23(14-19(21)25)36(32,33)16-4-5-16/h6-7,12-16H,4-5,8-11H2,1-3H3. The normalized spacial score (nSPS) is 16.9. The van der Waals surface area contributed by atoms with E-state index in [0.717, 1.165) is 18.4 Å². The van der Waals surface area contributed by atoms with E-state index in [2.05, 4.69) is 0 Å². The Morgan fingerprint density at radius 3 is 2.17 bits per heavy atom. The molecule has 1 aliphatic carbocycles. The Bertz CT molecular complexity index is 1400. The SMILES string of the molecule is CC(C)Oc1ccc(S(C)(=O)=O)cc1C(=O)N1CCN(c2cc(F)c(S(=O)(=O)C3CC3)cc2F)CC1. The van der Waals surface area contributed by atoms with Gasteiger partial charge >= 0.3 is 0 Å². The number of benzene rings is 2. The summed E-state index contributed by atoms with van der Waals surface area (Å²) in [5, 5.41) is -0.655. The van der Waals surface area contributed by atoms with E-state index in [-0.39, 0.29) is 54.2 Å². The van der Waals surface area contributed by atoms with Crippen LogP contribution >= 0.6 is 0 Å². The van der Waals surface area contributed by atoms with Crippen LogP contribution in [0.4, 0.5) is 14.5 Å². The summed E-state index contributed by atoms with van der Waals surface area (Å²) in [5.74, 6) is -2.02. The second-order valence-corrected chi connectivity index (χ2v) is 13.6. The first-order valence-corrected chi connectivity index (χ1v) is 15.0. The van der Waals surface area contributed by atoms with Crippen molar-refractivity contribution in [2.24, 2.45) is 0 Å². The minimum atomic E-state index is -3.89. The largest absolute Gasteiger partial charge is 0.490 e. The van der Waals surface area contributed by atoms with E-state index in [0.29, 0.717) is 12.8 Å². The van der Waals surface area contributed by atoms with Crippen LogP contribution in [0.15, 0.2) is 40.1 Å². The minimum Gasteiger partial charge on any atom is -0.490 e. The van der Waals surface area contributed by atoms with Crippen LogP contribution in [0.2, 0.25) is 0 Å². The van der Waals surface area contributed by atoms with Gasteiger partial charge in [0.2, 0.25) is 0 Å². The van der Waals surface area contributed by atoms with Crippen LogP contribution in [0.5, 0.6) is 5.75 Å². The highest BCUT2D eigenvalue weighted by Gasteiger charge is 2.39. The molecule has 12 heteroatoms. The summed E-state index contributed by atoms with van der Waals surface area (Å²) in [4.78, 5) is 15.7. The number of carbonyl (C=O) groups is 1. The fourth-order valence-corrected chi connectivity index (χ4v) is 6.48. The summed E-state index contributed by atoms with van der Waals surface area (Å²) in [7, 11) is -7.44. The number of carbonyl (C=O) groups excluding carboxylic acids is 1. The van der Waals surface area contributed by atoms with Crippen LogP contribution in [0, 0.1) is 11.6 Å². The fraction of sp³-hybridized carbons (Fsp3) is 0.458. The molecule has 2 aliphatic rings. The molecule has 196 valence electrons. The second kappa shape index (κ2) is 9.62. The zero-order valence-corrected chi connectivity index (χ0v) is 21.8. The number of amides is 1. The maximum atomic E-state index is 14.9. The van der Waals surface area contributed by atoms with Gasteiger partial charge in [0.15, 0.2) is 19.7 Å². The number of hydrogen-bond donors (Lipinski definition) is 0. The zero-order chi connectivity index (χ0) is 26.4. The molecule has 0 N–H and O–H groups in total. The van der Waals surface area contributed by atoms with E-state index < -0.39 is 47.4 Å². The van der Waals surface area contributed by atoms with Crippen molar-refractivity contribution in [3.05, 3.63) is 47.5 Å². The molecule has 0 radical (unpaired) electrons. The highest BCUT2D eigenvalue weighted by molar-refractivity contribution is 7.92. The molecule has 0 atom stereocenters. The summed E-state index contributed by atoms with van der Waals surface area (Å²) in [6.45, 7) is 4.23. The van der Waals surface area contributed by atoms with Crippen molar-refractivity contribution in [3.63, 3.8) is 0 Å². The van der Waals surface area contributed by atoms with Crippen LogP contribution in [0.25, 0.3) is 0 Å². The number of sulfone groups is 2. The predicted molar refractivity (Wildman–Crippen MR) is 130 cm³/mol. The molecule has 0 unspecified atom stereocenters. The van der Waals surface area contributed by atoms with E-state index in [1.807, 2.05) is 0 Å². The number of anilines is 1. The molecule has 0 spiro atoms. The van der Waals surface area contributed by atoms with Crippen molar-refractivity contribution in [2.45, 2.75) is 47.8 Å². The van der Waals surface area contributed by atoms with Gasteiger partial charge in [-0.15, -0.1) is 0 Å². The first kappa shape index (κ1) is 26.3. The van der Waals surface area contributed by atoms with Crippen molar-refractivity contribution in [2.75, 3.05) is 37.3 Å². The third-order valence-electron chi connectivity index (χ3n) is 6.15. The molecule has 1 amide bonds. The molecular weight excluding hydrogens is 514 g/mol. The summed E-state index contributed by atoms with van der Waals surface area (Å²) < 4.78 is 84.0. The average Bonchev–Trinajstić information content (AvgIpc) is 3.65. The minimum absolute atomic E-state index is 0.0145. The fourth-order valence-electron chi connectivity index (χ4n) is 4.12. The molecule has 4 rings (SSSR count). The van der Waals surface area contributed by atoms with Gasteiger partial charge in [0, 0.05) is 38.5 Å². The highest BCUT2D eigenvalue weighted by atomic mass is 32.2. The Labute approximate surface area is 209 Å². The van der Waals surface area contributed by atoms with Gasteiger partial charge in [-0.3, -0.25) is 4.79 Å². The molecule has 36 heavy (non-hydrogen) atoms. The number of hydrogen-bond acceptors (Lipinski definition) is 7. The molecule has 2 aromatic carbocycles. The van der Waals surface area contributed by atoms with E-state index in [4.69, 9.17) is 4.74 Å². The molecule has 2 aromatic rings. The zero-order valence-electron chi connectivity index (χ0n) is 20.2. The lowest BCUT2D eigenvalue weighted by molar-refractivity contribution is 0.0740. The maximum Gasteiger partial charge on any atom is 0.257 e. The molecule has 1 saturated carbocycles. The van der Waals surface area contributed by atoms with Crippen LogP contribution < -0.4 is 9.64 Å². The number of piperazine rings is 1. The van der Waals surface area contributed by atoms with E-state index >= 15 is 0 Å². The molecule has 1 saturated heterocycles. The second-order valence-electron chi connectivity index (χ2n) is 9.35. The molecule has 0 bridgehead atoms. The maximum absolute atomic E-state index is 14.9. The summed E-state index contributed by atoms with van der Waals surface area (Å²) in [6, 6.07) is 5.76. The summed E-state index contributed by atoms with van der Waals surface area (Å²) in [5.41, 5.74) is 0.0317. The Morgan fingerprint density at radius 1 is 0.972 bits per heavy atom. The van der Waals surface area contributed by atoms with Crippen molar-refractivity contribution in [3.8, 4) is 5.75 Å². The van der Waals surface area contributed by atoms with E-state index in [9.17, 15) is 30.4 Å². The Balaban J connectivity index is 1.53. The van der Waals surface area contributed by atoms with Crippen molar-refractivity contribution < 1.29 is 35.1 Å². The molecule has 1 heterocycles. The Kier molecular flexibility index (Phi) is 7.04. The molecule has 1 aliphatic heterocycles. The van der Waals surface area contributed by atoms with Gasteiger partial charge in [0.1, 0.15) is 22.3 Å². The number of nitrogens with zero attached hydrogens (tertiary/aromatic N) is 2. The predicted octanol–water partition coefficient (Wildman–Crippen LogP) is 3.05. The summed E-state index contributed by atoms with van der Waals surface area (Å²) >= 11 is 0. The van der Waals surface area contributed by atoms with Crippen LogP contribution in [0.1, 0.15) is 37.0 Å². The third-order valence-corrected chi connectivity index (χ3v) is 9.54. The quantitative estimate of drug-likeness (QED) is 0.530. The molecular formula is C24H28F2N2O6S2. The number of ether oxygens (including phenoxy) is 1. The lowest BCUT2D eigenvalue weighted by atomic mass is 10.1. The lowest BCUT2D eigenvalue weighted by Crippen LogP contribution is -2.49. The highest BCUT2D eigenvalue weighted by Crippen LogP contribution is 2.36. The van der Waals surface area contributed by atoms with E-state index in [1.165, 1.54) is 23.1 Å². The van der Waals surface area contributed by atoms with Gasteiger partial charge in [-0.1, -0.05) is 0 Å². The first-order chi connectivity index (χ1) is 16.8. The van der Waals surface area contributed by atoms with Crippen LogP contribution in [0.3, 0.4) is 0 Å². The number of rotatable bonds is 7. The first-order valence-electron chi connectivity index (χ1n) is 11.6. The van der Waals surface area contributed by atoms with Gasteiger partial charge < -0.3 is 14.5 Å². The van der Waals surface area contributed by atoms with Gasteiger partial charge in [0.25, 0.3) is 5.91 Å². The van der Waals surface area contributed by atoms with Gasteiger partial charge in [0.05, 0.1) is 27.5 Å². The molecule has 8 nitrogen and oxygen atoms in total. The molecule has 2 fully saturated rings. The average molecular weight is 543 g/mol. The monoisotopic (exact) mass is 542 g/mol. The van der Waals surface area contributed by atoms with Gasteiger partial charge in [-0.2, -0.15) is 0 Å². The van der Waals surface area contributed by atoms with Gasteiger partial charge in [-0.25, -0.2) is 25.6 Å². The van der Waals surface area contributed by atoms with Crippen molar-refractivity contribution >= 4 is 31.3 Å². The smallest absolute Gasteiger partial charge is 0.257 e. The molecule has 0 aromatic heterocycles. The van der Waals surface area contributed by atoms with Crippen LogP contribution in [-0.2, 0) is 19.7 Å². The van der Waals surface area contributed by atoms with Crippen molar-refractivity contribution in [1.29, 1.82) is 0 Å². The number of halogens is 2. The van der Waals surface area contributed by atoms with Crippen LogP contribution in [-0.4, -0.2) is 71.4 Å².